The lowest BCUT2D eigenvalue weighted by Gasteiger charge is -2.26. The van der Waals surface area contributed by atoms with Crippen LogP contribution in [0.1, 0.15) is 31.7 Å². The van der Waals surface area contributed by atoms with E-state index < -0.39 is 21.7 Å². The SMILES string of the molecule is CCOc1ccc(S(=O)(=O)N2CCCCC2)cc1NC(=O)/C=C/c1c(F)cccc1Cl. The molecule has 1 heterocycles. The van der Waals surface area contributed by atoms with Gasteiger partial charge < -0.3 is 10.1 Å². The first-order chi connectivity index (χ1) is 14.8. The maximum atomic E-state index is 13.9. The van der Waals surface area contributed by atoms with Crippen LogP contribution in [0.2, 0.25) is 5.02 Å². The Morgan fingerprint density at radius 3 is 2.65 bits per heavy atom. The monoisotopic (exact) mass is 466 g/mol. The maximum Gasteiger partial charge on any atom is 0.248 e. The fourth-order valence-electron chi connectivity index (χ4n) is 3.31. The minimum absolute atomic E-state index is 0.0780. The average Bonchev–Trinajstić information content (AvgIpc) is 2.75. The summed E-state index contributed by atoms with van der Waals surface area (Å²) in [5.41, 5.74) is 0.306. The number of nitrogens with one attached hydrogen (secondary N) is 1. The molecule has 1 aliphatic rings. The van der Waals surface area contributed by atoms with Crippen LogP contribution in [0.3, 0.4) is 0 Å². The van der Waals surface area contributed by atoms with Gasteiger partial charge in [-0.1, -0.05) is 24.1 Å². The third kappa shape index (κ3) is 5.64. The lowest BCUT2D eigenvalue weighted by Crippen LogP contribution is -2.35. The molecule has 1 saturated heterocycles. The van der Waals surface area contributed by atoms with Gasteiger partial charge in [-0.2, -0.15) is 4.31 Å². The summed E-state index contributed by atoms with van der Waals surface area (Å²) in [5.74, 6) is -0.792. The Morgan fingerprint density at radius 2 is 1.97 bits per heavy atom. The van der Waals surface area contributed by atoms with E-state index in [9.17, 15) is 17.6 Å². The highest BCUT2D eigenvalue weighted by Gasteiger charge is 2.27. The molecule has 9 heteroatoms. The molecule has 31 heavy (non-hydrogen) atoms. The summed E-state index contributed by atoms with van der Waals surface area (Å²) < 4.78 is 46.8. The van der Waals surface area contributed by atoms with Gasteiger partial charge in [-0.05, 0) is 56.2 Å². The summed E-state index contributed by atoms with van der Waals surface area (Å²) in [7, 11) is -3.68. The van der Waals surface area contributed by atoms with Crippen molar-refractivity contribution in [2.75, 3.05) is 25.0 Å². The van der Waals surface area contributed by atoms with Gasteiger partial charge in [0.2, 0.25) is 15.9 Å². The van der Waals surface area contributed by atoms with Crippen LogP contribution >= 0.6 is 11.6 Å². The van der Waals surface area contributed by atoms with Crippen LogP contribution in [-0.2, 0) is 14.8 Å². The van der Waals surface area contributed by atoms with Crippen molar-refractivity contribution in [3.8, 4) is 5.75 Å². The summed E-state index contributed by atoms with van der Waals surface area (Å²) in [6, 6.07) is 8.61. The van der Waals surface area contributed by atoms with Crippen LogP contribution in [0.15, 0.2) is 47.4 Å². The standard InChI is InChI=1S/C22H24ClFN2O4S/c1-2-30-21-11-9-16(31(28,29)26-13-4-3-5-14-26)15-20(21)25-22(27)12-10-17-18(23)7-6-8-19(17)24/h6-12,15H,2-5,13-14H2,1H3,(H,25,27)/b12-10+. The second-order valence-electron chi connectivity index (χ2n) is 7.01. The Hall–Kier alpha value is -2.42. The summed E-state index contributed by atoms with van der Waals surface area (Å²) >= 11 is 5.97. The van der Waals surface area contributed by atoms with Crippen molar-refractivity contribution < 1.29 is 22.3 Å². The molecule has 3 rings (SSSR count). The topological polar surface area (TPSA) is 75.7 Å². The van der Waals surface area contributed by atoms with E-state index in [-0.39, 0.29) is 21.2 Å². The molecule has 0 saturated carbocycles. The van der Waals surface area contributed by atoms with E-state index in [1.807, 2.05) is 0 Å². The van der Waals surface area contributed by atoms with Crippen molar-refractivity contribution in [1.29, 1.82) is 0 Å². The molecular formula is C22H24ClFN2O4S. The molecule has 166 valence electrons. The number of hydrogen-bond donors (Lipinski definition) is 1. The normalized spacial score (nSPS) is 15.2. The number of sulfonamides is 1. The average molecular weight is 467 g/mol. The first-order valence-corrected chi connectivity index (χ1v) is 11.8. The van der Waals surface area contributed by atoms with Crippen molar-refractivity contribution in [3.05, 3.63) is 58.9 Å². The van der Waals surface area contributed by atoms with Crippen LogP contribution in [0.25, 0.3) is 6.08 Å². The molecule has 1 aliphatic heterocycles. The largest absolute Gasteiger partial charge is 0.492 e. The quantitative estimate of drug-likeness (QED) is 0.600. The Bertz CT molecular complexity index is 1060. The Kier molecular flexibility index (Phi) is 7.69. The van der Waals surface area contributed by atoms with E-state index in [1.165, 1.54) is 46.8 Å². The Balaban J connectivity index is 1.85. The minimum Gasteiger partial charge on any atom is -0.492 e. The molecule has 0 bridgehead atoms. The van der Waals surface area contributed by atoms with Gasteiger partial charge in [0.05, 0.1) is 22.2 Å². The minimum atomic E-state index is -3.68. The number of amides is 1. The Morgan fingerprint density at radius 1 is 1.23 bits per heavy atom. The molecule has 2 aromatic carbocycles. The van der Waals surface area contributed by atoms with Gasteiger partial charge >= 0.3 is 0 Å². The number of anilines is 1. The maximum absolute atomic E-state index is 13.9. The number of carbonyl (C=O) groups is 1. The van der Waals surface area contributed by atoms with Crippen molar-refractivity contribution in [1.82, 2.24) is 4.31 Å². The van der Waals surface area contributed by atoms with E-state index in [4.69, 9.17) is 16.3 Å². The van der Waals surface area contributed by atoms with Gasteiger partial charge in [-0.3, -0.25) is 4.79 Å². The number of piperidine rings is 1. The summed E-state index contributed by atoms with van der Waals surface area (Å²) in [4.78, 5) is 12.5. The van der Waals surface area contributed by atoms with Crippen LogP contribution in [0.5, 0.6) is 5.75 Å². The molecule has 1 fully saturated rings. The lowest BCUT2D eigenvalue weighted by atomic mass is 10.2. The van der Waals surface area contributed by atoms with Crippen LogP contribution in [-0.4, -0.2) is 38.3 Å². The van der Waals surface area contributed by atoms with Gasteiger partial charge in [-0.25, -0.2) is 12.8 Å². The lowest BCUT2D eigenvalue weighted by molar-refractivity contribution is -0.111. The number of nitrogens with zero attached hydrogens (tertiary/aromatic N) is 1. The molecule has 0 atom stereocenters. The number of hydrogen-bond acceptors (Lipinski definition) is 4. The van der Waals surface area contributed by atoms with Crippen LogP contribution < -0.4 is 10.1 Å². The van der Waals surface area contributed by atoms with E-state index in [2.05, 4.69) is 5.32 Å². The van der Waals surface area contributed by atoms with Crippen molar-refractivity contribution in [2.24, 2.45) is 0 Å². The van der Waals surface area contributed by atoms with E-state index in [0.717, 1.165) is 25.3 Å². The summed E-state index contributed by atoms with van der Waals surface area (Å²) in [5, 5.41) is 2.80. The number of carbonyl (C=O) groups excluding carboxylic acids is 1. The fraction of sp³-hybridized carbons (Fsp3) is 0.318. The zero-order valence-electron chi connectivity index (χ0n) is 17.1. The van der Waals surface area contributed by atoms with E-state index in [0.29, 0.717) is 25.4 Å². The highest BCUT2D eigenvalue weighted by Crippen LogP contribution is 2.30. The third-order valence-corrected chi connectivity index (χ3v) is 7.09. The number of halogens is 2. The predicted molar refractivity (Wildman–Crippen MR) is 119 cm³/mol. The molecule has 1 N–H and O–H groups in total. The van der Waals surface area contributed by atoms with Crippen LogP contribution in [0, 0.1) is 5.82 Å². The number of rotatable bonds is 7. The first kappa shape index (κ1) is 23.2. The van der Waals surface area contributed by atoms with Gasteiger partial charge in [0.15, 0.2) is 0 Å². The molecule has 1 amide bonds. The molecular weight excluding hydrogens is 443 g/mol. The second kappa shape index (κ2) is 10.3. The number of benzene rings is 2. The Labute approximate surface area is 186 Å². The summed E-state index contributed by atoms with van der Waals surface area (Å²) in [6.07, 6.45) is 5.05. The molecule has 0 aliphatic carbocycles. The van der Waals surface area contributed by atoms with Crippen molar-refractivity contribution >= 4 is 39.3 Å². The van der Waals surface area contributed by atoms with Gasteiger partial charge in [0, 0.05) is 24.7 Å². The molecule has 0 unspecified atom stereocenters. The summed E-state index contributed by atoms with van der Waals surface area (Å²) in [6.45, 7) is 3.07. The first-order valence-electron chi connectivity index (χ1n) is 10.0. The predicted octanol–water partition coefficient (Wildman–Crippen LogP) is 4.70. The second-order valence-corrected chi connectivity index (χ2v) is 9.36. The molecule has 6 nitrogen and oxygen atoms in total. The zero-order valence-corrected chi connectivity index (χ0v) is 18.7. The van der Waals surface area contributed by atoms with Crippen molar-refractivity contribution in [3.63, 3.8) is 0 Å². The fourth-order valence-corrected chi connectivity index (χ4v) is 5.08. The molecule has 0 spiro atoms. The van der Waals surface area contributed by atoms with Gasteiger partial charge in [0.1, 0.15) is 11.6 Å². The zero-order chi connectivity index (χ0) is 22.4. The van der Waals surface area contributed by atoms with Gasteiger partial charge in [0.25, 0.3) is 0 Å². The smallest absolute Gasteiger partial charge is 0.248 e. The third-order valence-electron chi connectivity index (χ3n) is 4.86. The molecule has 2 aromatic rings. The van der Waals surface area contributed by atoms with Crippen LogP contribution in [0.4, 0.5) is 10.1 Å². The van der Waals surface area contributed by atoms with Gasteiger partial charge in [-0.15, -0.1) is 0 Å². The molecule has 0 radical (unpaired) electrons. The number of ether oxygens (including phenoxy) is 1. The highest BCUT2D eigenvalue weighted by molar-refractivity contribution is 7.89. The van der Waals surface area contributed by atoms with E-state index in [1.54, 1.807) is 6.92 Å². The molecule has 0 aromatic heterocycles. The highest BCUT2D eigenvalue weighted by atomic mass is 35.5. The van der Waals surface area contributed by atoms with Crippen molar-refractivity contribution in [2.45, 2.75) is 31.1 Å². The van der Waals surface area contributed by atoms with E-state index >= 15 is 0 Å².